The zero-order valence-corrected chi connectivity index (χ0v) is 15.5. The summed E-state index contributed by atoms with van der Waals surface area (Å²) in [6.45, 7) is 5.98. The number of hydrogen-bond donors (Lipinski definition) is 2. The van der Waals surface area contributed by atoms with Crippen LogP contribution in [0.5, 0.6) is 0 Å². The van der Waals surface area contributed by atoms with Gasteiger partial charge < -0.3 is 15.4 Å². The number of carbonyl (C=O) groups excluding carboxylic acids is 1. The van der Waals surface area contributed by atoms with Crippen molar-refractivity contribution in [3.8, 4) is 0 Å². The second kappa shape index (κ2) is 12.1. The van der Waals surface area contributed by atoms with Crippen molar-refractivity contribution < 1.29 is 9.53 Å². The summed E-state index contributed by atoms with van der Waals surface area (Å²) in [5.74, 6) is 1.42. The summed E-state index contributed by atoms with van der Waals surface area (Å²) in [5.41, 5.74) is 0. The average Bonchev–Trinajstić information content (AvgIpc) is 2.56. The van der Waals surface area contributed by atoms with E-state index in [4.69, 9.17) is 4.74 Å². The Kier molecular flexibility index (Phi) is 10.9. The molecule has 1 aliphatic heterocycles. The Morgan fingerprint density at radius 3 is 2.57 bits per heavy atom. The van der Waals surface area contributed by atoms with Gasteiger partial charge in [-0.2, -0.15) is 0 Å². The molecule has 136 valence electrons. The van der Waals surface area contributed by atoms with Crippen molar-refractivity contribution in [3.05, 3.63) is 0 Å². The normalized spacial score (nSPS) is 21.4. The van der Waals surface area contributed by atoms with E-state index in [9.17, 15) is 4.79 Å². The molecule has 4 nitrogen and oxygen atoms in total. The number of ether oxygens (including phenoxy) is 1. The lowest BCUT2D eigenvalue weighted by molar-refractivity contribution is -0.122. The molecule has 1 amide bonds. The van der Waals surface area contributed by atoms with E-state index in [0.717, 1.165) is 32.7 Å². The average molecular weight is 347 g/mol. The van der Waals surface area contributed by atoms with E-state index in [2.05, 4.69) is 17.6 Å². The van der Waals surface area contributed by atoms with Gasteiger partial charge in [0.1, 0.15) is 0 Å². The van der Waals surface area contributed by atoms with Crippen molar-refractivity contribution in [2.75, 3.05) is 26.2 Å². The van der Waals surface area contributed by atoms with Gasteiger partial charge in [-0.05, 0) is 57.0 Å². The Labute approximate surface area is 147 Å². The number of nitrogens with one attached hydrogen (secondary N) is 2. The fourth-order valence-electron chi connectivity index (χ4n) is 3.73. The molecule has 23 heavy (non-hydrogen) atoms. The first-order valence-electron chi connectivity index (χ1n) is 9.34. The van der Waals surface area contributed by atoms with Crippen LogP contribution in [0.15, 0.2) is 0 Å². The Morgan fingerprint density at radius 2 is 1.87 bits per heavy atom. The van der Waals surface area contributed by atoms with Crippen LogP contribution in [0.4, 0.5) is 0 Å². The summed E-state index contributed by atoms with van der Waals surface area (Å²) in [4.78, 5) is 12.0. The highest BCUT2D eigenvalue weighted by molar-refractivity contribution is 5.85. The Hall–Kier alpha value is -0.320. The molecule has 5 heteroatoms. The van der Waals surface area contributed by atoms with Gasteiger partial charge in [0.25, 0.3) is 0 Å². The van der Waals surface area contributed by atoms with Crippen LogP contribution in [0.1, 0.15) is 64.7 Å². The molecular weight excluding hydrogens is 312 g/mol. The number of amides is 1. The molecule has 2 N–H and O–H groups in total. The van der Waals surface area contributed by atoms with Gasteiger partial charge >= 0.3 is 0 Å². The number of hydrogen-bond acceptors (Lipinski definition) is 3. The fourth-order valence-corrected chi connectivity index (χ4v) is 3.73. The van der Waals surface area contributed by atoms with Crippen LogP contribution in [-0.2, 0) is 9.53 Å². The first-order valence-corrected chi connectivity index (χ1v) is 9.34. The summed E-state index contributed by atoms with van der Waals surface area (Å²) in [7, 11) is 0. The molecule has 0 radical (unpaired) electrons. The molecule has 0 aromatic heterocycles. The Balaban J connectivity index is 0.00000264. The van der Waals surface area contributed by atoms with Crippen LogP contribution in [0.3, 0.4) is 0 Å². The van der Waals surface area contributed by atoms with Crippen molar-refractivity contribution in [1.29, 1.82) is 0 Å². The minimum Gasteiger partial charge on any atom is -0.378 e. The third-order valence-electron chi connectivity index (χ3n) is 5.24. The lowest BCUT2D eigenvalue weighted by Gasteiger charge is -2.27. The highest BCUT2D eigenvalue weighted by atomic mass is 35.5. The predicted octanol–water partition coefficient (Wildman–Crippen LogP) is 3.29. The molecule has 1 saturated carbocycles. The van der Waals surface area contributed by atoms with Crippen LogP contribution < -0.4 is 10.6 Å². The van der Waals surface area contributed by atoms with E-state index in [1.165, 1.54) is 44.9 Å². The summed E-state index contributed by atoms with van der Waals surface area (Å²) < 4.78 is 5.88. The smallest absolute Gasteiger partial charge is 0.220 e. The number of rotatable bonds is 8. The van der Waals surface area contributed by atoms with Gasteiger partial charge in [-0.3, -0.25) is 4.79 Å². The van der Waals surface area contributed by atoms with Crippen molar-refractivity contribution in [1.82, 2.24) is 10.6 Å². The summed E-state index contributed by atoms with van der Waals surface area (Å²) >= 11 is 0. The van der Waals surface area contributed by atoms with Crippen LogP contribution >= 0.6 is 12.4 Å². The van der Waals surface area contributed by atoms with Crippen molar-refractivity contribution in [3.63, 3.8) is 0 Å². The van der Waals surface area contributed by atoms with E-state index in [1.807, 2.05) is 0 Å². The van der Waals surface area contributed by atoms with E-state index < -0.39 is 0 Å². The zero-order chi connectivity index (χ0) is 15.6. The quantitative estimate of drug-likeness (QED) is 0.663. The molecule has 2 aliphatic rings. The zero-order valence-electron chi connectivity index (χ0n) is 14.6. The van der Waals surface area contributed by atoms with Gasteiger partial charge in [-0.15, -0.1) is 12.4 Å². The maximum absolute atomic E-state index is 12.0. The van der Waals surface area contributed by atoms with Crippen LogP contribution in [-0.4, -0.2) is 38.3 Å². The van der Waals surface area contributed by atoms with E-state index in [1.54, 1.807) is 0 Å². The Morgan fingerprint density at radius 1 is 1.17 bits per heavy atom. The largest absolute Gasteiger partial charge is 0.378 e. The molecule has 2 fully saturated rings. The maximum Gasteiger partial charge on any atom is 0.220 e. The van der Waals surface area contributed by atoms with Crippen molar-refractivity contribution >= 4 is 18.3 Å². The molecule has 0 bridgehead atoms. The van der Waals surface area contributed by atoms with Gasteiger partial charge in [0, 0.05) is 19.6 Å². The number of carbonyl (C=O) groups is 1. The number of halogens is 1. The lowest BCUT2D eigenvalue weighted by Crippen LogP contribution is -2.34. The van der Waals surface area contributed by atoms with Crippen LogP contribution in [0.25, 0.3) is 0 Å². The minimum atomic E-state index is 0. The van der Waals surface area contributed by atoms with Crippen molar-refractivity contribution in [2.24, 2.45) is 11.8 Å². The van der Waals surface area contributed by atoms with Crippen LogP contribution in [0, 0.1) is 11.8 Å². The van der Waals surface area contributed by atoms with Gasteiger partial charge in [0.2, 0.25) is 5.91 Å². The monoisotopic (exact) mass is 346 g/mol. The second-order valence-electron chi connectivity index (χ2n) is 7.10. The molecular formula is C18H35ClN2O2. The molecule has 0 spiro atoms. The minimum absolute atomic E-state index is 0. The third-order valence-corrected chi connectivity index (χ3v) is 5.24. The molecule has 1 unspecified atom stereocenters. The molecule has 0 aromatic rings. The SMILES string of the molecule is CC(CC(=O)NCCCOC1CCCCC1)C1CCNCC1.Cl. The van der Waals surface area contributed by atoms with E-state index in [0.29, 0.717) is 24.4 Å². The molecule has 1 saturated heterocycles. The van der Waals surface area contributed by atoms with Gasteiger partial charge in [-0.1, -0.05) is 26.2 Å². The molecule has 2 rings (SSSR count). The molecule has 1 atom stereocenters. The summed E-state index contributed by atoms with van der Waals surface area (Å²) in [6, 6.07) is 0. The van der Waals surface area contributed by atoms with Crippen molar-refractivity contribution in [2.45, 2.75) is 70.8 Å². The van der Waals surface area contributed by atoms with Crippen LogP contribution in [0.2, 0.25) is 0 Å². The topological polar surface area (TPSA) is 50.4 Å². The van der Waals surface area contributed by atoms with E-state index >= 15 is 0 Å². The van der Waals surface area contributed by atoms with Gasteiger partial charge in [-0.25, -0.2) is 0 Å². The summed E-state index contributed by atoms with van der Waals surface area (Å²) in [6.07, 6.45) is 11.0. The second-order valence-corrected chi connectivity index (χ2v) is 7.10. The fraction of sp³-hybridized carbons (Fsp3) is 0.944. The Bertz CT molecular complexity index is 316. The van der Waals surface area contributed by atoms with Gasteiger partial charge in [0.05, 0.1) is 6.10 Å². The first-order chi connectivity index (χ1) is 10.8. The summed E-state index contributed by atoms with van der Waals surface area (Å²) in [5, 5.41) is 6.44. The van der Waals surface area contributed by atoms with Gasteiger partial charge in [0.15, 0.2) is 0 Å². The molecule has 1 aliphatic carbocycles. The van der Waals surface area contributed by atoms with E-state index in [-0.39, 0.29) is 18.3 Å². The third kappa shape index (κ3) is 8.37. The molecule has 1 heterocycles. The predicted molar refractivity (Wildman–Crippen MR) is 97.1 cm³/mol. The highest BCUT2D eigenvalue weighted by Crippen LogP contribution is 2.24. The maximum atomic E-state index is 12.0. The first kappa shape index (κ1) is 20.7. The standard InChI is InChI=1S/C18H34N2O2.ClH/c1-15(16-8-11-19-12-9-16)14-18(21)20-10-5-13-22-17-6-3-2-4-7-17;/h15-17,19H,2-14H2,1H3,(H,20,21);1H. The number of piperidine rings is 1. The lowest BCUT2D eigenvalue weighted by atomic mass is 9.84. The highest BCUT2D eigenvalue weighted by Gasteiger charge is 2.21. The molecule has 0 aromatic carbocycles.